The number of ketones is 1. The summed E-state index contributed by atoms with van der Waals surface area (Å²) in [5, 5.41) is 8.89. The molecular weight excluding hydrogens is 348 g/mol. The molecule has 0 fully saturated rings. The number of aromatic nitrogens is 1. The Kier molecular flexibility index (Phi) is 5.96. The molecule has 0 saturated heterocycles. The summed E-state index contributed by atoms with van der Waals surface area (Å²) >= 11 is 0. The van der Waals surface area contributed by atoms with Gasteiger partial charge in [0.2, 0.25) is 5.78 Å². The fourth-order valence-corrected chi connectivity index (χ4v) is 3.36. The van der Waals surface area contributed by atoms with E-state index in [2.05, 4.69) is 17.6 Å². The van der Waals surface area contributed by atoms with Crippen LogP contribution in [-0.2, 0) is 6.54 Å². The van der Waals surface area contributed by atoms with Gasteiger partial charge < -0.3 is 9.30 Å². The summed E-state index contributed by atoms with van der Waals surface area (Å²) in [5.41, 5.74) is 5.55. The summed E-state index contributed by atoms with van der Waals surface area (Å²) in [6.45, 7) is 7.09. The number of benzene rings is 2. The van der Waals surface area contributed by atoms with Crippen LogP contribution < -0.4 is 4.74 Å². The van der Waals surface area contributed by atoms with Crippen LogP contribution in [0.3, 0.4) is 0 Å². The van der Waals surface area contributed by atoms with Gasteiger partial charge in [-0.3, -0.25) is 4.79 Å². The molecule has 0 atom stereocenters. The van der Waals surface area contributed by atoms with Gasteiger partial charge in [-0.05, 0) is 61.7 Å². The summed E-state index contributed by atoms with van der Waals surface area (Å²) in [6, 6.07) is 19.1. The fourth-order valence-electron chi connectivity index (χ4n) is 3.36. The van der Waals surface area contributed by atoms with Crippen molar-refractivity contribution in [1.82, 2.24) is 4.57 Å². The van der Waals surface area contributed by atoms with E-state index in [1.165, 1.54) is 0 Å². The molecule has 4 heteroatoms. The van der Waals surface area contributed by atoms with Crippen LogP contribution >= 0.6 is 0 Å². The van der Waals surface area contributed by atoms with Crippen LogP contribution in [-0.4, -0.2) is 17.0 Å². The molecule has 0 spiro atoms. The SMILES string of the molecule is CCCn1c(C)cc(C(=O)COc2ccc(-c3ccc(C#N)cc3)cc2)c1C. The van der Waals surface area contributed by atoms with Crippen molar-refractivity contribution in [3.8, 4) is 22.9 Å². The fraction of sp³-hybridized carbons (Fsp3) is 0.250. The minimum absolute atomic E-state index is 0.00776. The molecular formula is C24H24N2O2. The van der Waals surface area contributed by atoms with Crippen molar-refractivity contribution in [1.29, 1.82) is 5.26 Å². The molecule has 142 valence electrons. The lowest BCUT2D eigenvalue weighted by molar-refractivity contribution is 0.0921. The van der Waals surface area contributed by atoms with Crippen molar-refractivity contribution in [2.75, 3.05) is 6.61 Å². The van der Waals surface area contributed by atoms with Gasteiger partial charge in [-0.25, -0.2) is 0 Å². The van der Waals surface area contributed by atoms with Crippen molar-refractivity contribution in [2.45, 2.75) is 33.7 Å². The molecule has 2 aromatic carbocycles. The molecule has 0 aliphatic heterocycles. The first-order chi connectivity index (χ1) is 13.5. The minimum Gasteiger partial charge on any atom is -0.485 e. The van der Waals surface area contributed by atoms with E-state index in [0.29, 0.717) is 11.3 Å². The summed E-state index contributed by atoms with van der Waals surface area (Å²) in [7, 11) is 0. The van der Waals surface area contributed by atoms with Gasteiger partial charge in [0.05, 0.1) is 11.6 Å². The summed E-state index contributed by atoms with van der Waals surface area (Å²) < 4.78 is 7.89. The lowest BCUT2D eigenvalue weighted by Gasteiger charge is -2.09. The normalized spacial score (nSPS) is 10.5. The molecule has 3 rings (SSSR count). The largest absolute Gasteiger partial charge is 0.485 e. The molecule has 0 aliphatic rings. The van der Waals surface area contributed by atoms with Gasteiger partial charge in [0.1, 0.15) is 5.75 Å². The predicted octanol–water partition coefficient (Wildman–Crippen LogP) is 5.32. The number of hydrogen-bond donors (Lipinski definition) is 0. The van der Waals surface area contributed by atoms with Crippen LogP contribution in [0.25, 0.3) is 11.1 Å². The van der Waals surface area contributed by atoms with Crippen LogP contribution in [0.1, 0.15) is 40.7 Å². The Morgan fingerprint density at radius 1 is 1.04 bits per heavy atom. The maximum absolute atomic E-state index is 12.6. The molecule has 0 aliphatic carbocycles. The van der Waals surface area contributed by atoms with E-state index < -0.39 is 0 Å². The maximum atomic E-state index is 12.6. The molecule has 0 bridgehead atoms. The molecule has 28 heavy (non-hydrogen) atoms. The second kappa shape index (κ2) is 8.58. The highest BCUT2D eigenvalue weighted by atomic mass is 16.5. The Hall–Kier alpha value is -3.32. The number of Topliss-reactive ketones (excluding diaryl/α,β-unsaturated/α-hetero) is 1. The van der Waals surface area contributed by atoms with E-state index in [1.807, 2.05) is 56.3 Å². The predicted molar refractivity (Wildman–Crippen MR) is 111 cm³/mol. The van der Waals surface area contributed by atoms with Crippen molar-refractivity contribution < 1.29 is 9.53 Å². The van der Waals surface area contributed by atoms with Gasteiger partial charge in [-0.15, -0.1) is 0 Å². The summed E-state index contributed by atoms with van der Waals surface area (Å²) in [6.07, 6.45) is 1.03. The number of hydrogen-bond acceptors (Lipinski definition) is 3. The number of rotatable bonds is 7. The molecule has 4 nitrogen and oxygen atoms in total. The van der Waals surface area contributed by atoms with E-state index in [4.69, 9.17) is 10.00 Å². The number of aryl methyl sites for hydroxylation is 1. The van der Waals surface area contributed by atoms with Gasteiger partial charge in [0, 0.05) is 23.5 Å². The third-order valence-corrected chi connectivity index (χ3v) is 4.89. The zero-order valence-electron chi connectivity index (χ0n) is 16.5. The van der Waals surface area contributed by atoms with Gasteiger partial charge in [0.15, 0.2) is 6.61 Å². The Morgan fingerprint density at radius 2 is 1.64 bits per heavy atom. The summed E-state index contributed by atoms with van der Waals surface area (Å²) in [5.74, 6) is 0.653. The topological polar surface area (TPSA) is 55.0 Å². The highest BCUT2D eigenvalue weighted by molar-refractivity contribution is 5.98. The second-order valence-corrected chi connectivity index (χ2v) is 6.86. The van der Waals surface area contributed by atoms with Crippen LogP contribution in [0.2, 0.25) is 0 Å². The maximum Gasteiger partial charge on any atom is 0.202 e. The Morgan fingerprint density at radius 3 is 2.21 bits per heavy atom. The zero-order chi connectivity index (χ0) is 20.1. The number of carbonyl (C=O) groups is 1. The molecule has 0 amide bonds. The molecule has 0 radical (unpaired) electrons. The number of nitriles is 1. The third kappa shape index (κ3) is 4.15. The minimum atomic E-state index is -0.00776. The third-order valence-electron chi connectivity index (χ3n) is 4.89. The molecule has 0 unspecified atom stereocenters. The van der Waals surface area contributed by atoms with Crippen molar-refractivity contribution in [3.05, 3.63) is 77.1 Å². The molecule has 1 aromatic heterocycles. The molecule has 0 N–H and O–H groups in total. The van der Waals surface area contributed by atoms with Crippen molar-refractivity contribution >= 4 is 5.78 Å². The summed E-state index contributed by atoms with van der Waals surface area (Å²) in [4.78, 5) is 12.6. The van der Waals surface area contributed by atoms with Crippen molar-refractivity contribution in [2.24, 2.45) is 0 Å². The second-order valence-electron chi connectivity index (χ2n) is 6.86. The van der Waals surface area contributed by atoms with Crippen molar-refractivity contribution in [3.63, 3.8) is 0 Å². The molecule has 1 heterocycles. The monoisotopic (exact) mass is 372 g/mol. The van der Waals surface area contributed by atoms with Gasteiger partial charge in [0.25, 0.3) is 0 Å². The Bertz CT molecular complexity index is 1010. The zero-order valence-corrected chi connectivity index (χ0v) is 16.5. The highest BCUT2D eigenvalue weighted by Crippen LogP contribution is 2.23. The number of nitrogens with zero attached hydrogens (tertiary/aromatic N) is 2. The van der Waals surface area contributed by atoms with Crippen LogP contribution in [0.4, 0.5) is 0 Å². The van der Waals surface area contributed by atoms with Gasteiger partial charge in [-0.1, -0.05) is 31.2 Å². The van der Waals surface area contributed by atoms with E-state index >= 15 is 0 Å². The lowest BCUT2D eigenvalue weighted by Crippen LogP contribution is -2.13. The smallest absolute Gasteiger partial charge is 0.202 e. The van der Waals surface area contributed by atoms with E-state index in [9.17, 15) is 4.79 Å². The van der Waals surface area contributed by atoms with Crippen LogP contribution in [0, 0.1) is 25.2 Å². The Labute approximate surface area is 166 Å². The van der Waals surface area contributed by atoms with E-state index in [-0.39, 0.29) is 12.4 Å². The van der Waals surface area contributed by atoms with Crippen LogP contribution in [0.15, 0.2) is 54.6 Å². The Balaban J connectivity index is 1.65. The highest BCUT2D eigenvalue weighted by Gasteiger charge is 2.16. The van der Waals surface area contributed by atoms with Crippen LogP contribution in [0.5, 0.6) is 5.75 Å². The van der Waals surface area contributed by atoms with E-state index in [0.717, 1.165) is 41.0 Å². The van der Waals surface area contributed by atoms with E-state index in [1.54, 1.807) is 12.1 Å². The molecule has 3 aromatic rings. The number of ether oxygens (including phenoxy) is 1. The molecule has 0 saturated carbocycles. The first-order valence-electron chi connectivity index (χ1n) is 9.46. The average molecular weight is 372 g/mol. The first kappa shape index (κ1) is 19.4. The quantitative estimate of drug-likeness (QED) is 0.528. The standard InChI is InChI=1S/C24H24N2O2/c1-4-13-26-17(2)14-23(18(26)3)24(27)16-28-22-11-9-21(10-12-22)20-7-5-19(15-25)6-8-20/h5-12,14H,4,13,16H2,1-3H3. The average Bonchev–Trinajstić information content (AvgIpc) is 3.01. The first-order valence-corrected chi connectivity index (χ1v) is 9.46. The lowest BCUT2D eigenvalue weighted by atomic mass is 10.0. The van der Waals surface area contributed by atoms with Gasteiger partial charge >= 0.3 is 0 Å². The van der Waals surface area contributed by atoms with Gasteiger partial charge in [-0.2, -0.15) is 5.26 Å². The number of carbonyl (C=O) groups excluding carboxylic acids is 1.